The molecule has 2 heterocycles. The fourth-order valence-electron chi connectivity index (χ4n) is 4.04. The van der Waals surface area contributed by atoms with E-state index in [-0.39, 0.29) is 35.2 Å². The van der Waals surface area contributed by atoms with Crippen LogP contribution >= 0.6 is 11.8 Å². The normalized spacial score (nSPS) is 14.3. The number of aromatic nitrogens is 2. The summed E-state index contributed by atoms with van der Waals surface area (Å²) in [5.74, 6) is 1.66. The van der Waals surface area contributed by atoms with Crippen molar-refractivity contribution in [3.63, 3.8) is 0 Å². The topological polar surface area (TPSA) is 82.5 Å². The molecule has 0 bridgehead atoms. The molecule has 0 saturated carbocycles. The Kier molecular flexibility index (Phi) is 7.46. The number of para-hydroxylation sites is 1. The number of amides is 1. The van der Waals surface area contributed by atoms with E-state index in [1.807, 2.05) is 50.2 Å². The van der Waals surface area contributed by atoms with E-state index in [0.717, 1.165) is 17.7 Å². The van der Waals surface area contributed by atoms with E-state index >= 15 is 0 Å². The molecule has 1 aliphatic rings. The summed E-state index contributed by atoms with van der Waals surface area (Å²) in [7, 11) is 0. The molecule has 7 nitrogen and oxygen atoms in total. The van der Waals surface area contributed by atoms with Gasteiger partial charge in [-0.1, -0.05) is 43.8 Å². The van der Waals surface area contributed by atoms with Crippen LogP contribution in [0.1, 0.15) is 51.8 Å². The van der Waals surface area contributed by atoms with Crippen LogP contribution in [0.2, 0.25) is 0 Å². The molecule has 2 aromatic carbocycles. The Balaban J connectivity index is 1.52. The summed E-state index contributed by atoms with van der Waals surface area (Å²) < 4.78 is 13.2. The third-order valence-electron chi connectivity index (χ3n) is 5.74. The Labute approximate surface area is 203 Å². The van der Waals surface area contributed by atoms with Gasteiger partial charge in [0, 0.05) is 12.5 Å². The van der Waals surface area contributed by atoms with Gasteiger partial charge in [-0.15, -0.1) is 0 Å². The SMILES string of the molecule is CC(C)C(NC(=O)CSc1nc2ccccc2c(=O)n1C(C)C)c1ccc2c(c1)OCCCO2. The molecule has 0 radical (unpaired) electrons. The number of hydrogen-bond acceptors (Lipinski definition) is 6. The minimum absolute atomic E-state index is 0.0691. The van der Waals surface area contributed by atoms with Crippen LogP contribution in [0.3, 0.4) is 0 Å². The molecule has 0 spiro atoms. The minimum atomic E-state index is -0.179. The molecule has 1 aromatic heterocycles. The molecule has 8 heteroatoms. The molecule has 1 amide bonds. The third kappa shape index (κ3) is 5.22. The Hall–Kier alpha value is -3.00. The van der Waals surface area contributed by atoms with Gasteiger partial charge in [-0.2, -0.15) is 0 Å². The number of nitrogens with zero attached hydrogens (tertiary/aromatic N) is 2. The molecular weight excluding hydrogens is 450 g/mol. The average Bonchev–Trinajstić information content (AvgIpc) is 3.05. The first-order valence-electron chi connectivity index (χ1n) is 11.7. The van der Waals surface area contributed by atoms with Gasteiger partial charge < -0.3 is 14.8 Å². The van der Waals surface area contributed by atoms with Gasteiger partial charge in [-0.25, -0.2) is 4.98 Å². The highest BCUT2D eigenvalue weighted by Crippen LogP contribution is 2.34. The van der Waals surface area contributed by atoms with Gasteiger partial charge in [-0.3, -0.25) is 14.2 Å². The lowest BCUT2D eigenvalue weighted by Crippen LogP contribution is -2.33. The number of benzene rings is 2. The van der Waals surface area contributed by atoms with Crippen molar-refractivity contribution >= 4 is 28.6 Å². The molecule has 1 N–H and O–H groups in total. The van der Waals surface area contributed by atoms with Crippen molar-refractivity contribution in [2.24, 2.45) is 5.92 Å². The smallest absolute Gasteiger partial charge is 0.262 e. The summed E-state index contributed by atoms with van der Waals surface area (Å²) in [6, 6.07) is 12.9. The second kappa shape index (κ2) is 10.5. The van der Waals surface area contributed by atoms with Gasteiger partial charge in [0.25, 0.3) is 5.56 Å². The first kappa shape index (κ1) is 24.1. The standard InChI is InChI=1S/C26H31N3O4S/c1-16(2)24(18-10-11-21-22(14-18)33-13-7-12-32-21)28-23(30)15-34-26-27-20-9-6-5-8-19(20)25(31)29(26)17(3)4/h5-6,8-11,14,16-17,24H,7,12-13,15H2,1-4H3,(H,28,30). The van der Waals surface area contributed by atoms with E-state index in [2.05, 4.69) is 24.1 Å². The molecule has 1 aliphatic heterocycles. The quantitative estimate of drug-likeness (QED) is 0.388. The van der Waals surface area contributed by atoms with Gasteiger partial charge >= 0.3 is 0 Å². The minimum Gasteiger partial charge on any atom is -0.490 e. The number of rotatable bonds is 7. The molecule has 0 fully saturated rings. The highest BCUT2D eigenvalue weighted by atomic mass is 32.2. The van der Waals surface area contributed by atoms with E-state index in [4.69, 9.17) is 9.47 Å². The van der Waals surface area contributed by atoms with Gasteiger partial charge in [-0.05, 0) is 49.6 Å². The highest BCUT2D eigenvalue weighted by molar-refractivity contribution is 7.99. The van der Waals surface area contributed by atoms with Crippen LogP contribution in [-0.2, 0) is 4.79 Å². The fraction of sp³-hybridized carbons (Fsp3) is 0.423. The number of nitrogens with one attached hydrogen (secondary N) is 1. The largest absolute Gasteiger partial charge is 0.490 e. The van der Waals surface area contributed by atoms with E-state index < -0.39 is 0 Å². The Morgan fingerprint density at radius 2 is 1.82 bits per heavy atom. The van der Waals surface area contributed by atoms with Crippen LogP contribution in [0.5, 0.6) is 11.5 Å². The maximum Gasteiger partial charge on any atom is 0.262 e. The molecule has 0 aliphatic carbocycles. The van der Waals surface area contributed by atoms with Crippen molar-refractivity contribution in [2.45, 2.75) is 51.4 Å². The lowest BCUT2D eigenvalue weighted by molar-refractivity contribution is -0.119. The third-order valence-corrected chi connectivity index (χ3v) is 6.69. The van der Waals surface area contributed by atoms with Gasteiger partial charge in [0.15, 0.2) is 16.7 Å². The van der Waals surface area contributed by atoms with Gasteiger partial charge in [0.1, 0.15) is 0 Å². The monoisotopic (exact) mass is 481 g/mol. The Morgan fingerprint density at radius 3 is 2.56 bits per heavy atom. The first-order valence-corrected chi connectivity index (χ1v) is 12.7. The van der Waals surface area contributed by atoms with E-state index in [0.29, 0.717) is 35.0 Å². The second-order valence-corrected chi connectivity index (χ2v) is 9.96. The predicted molar refractivity (Wildman–Crippen MR) is 135 cm³/mol. The fourth-order valence-corrected chi connectivity index (χ4v) is 4.98. The summed E-state index contributed by atoms with van der Waals surface area (Å²) in [5, 5.41) is 4.28. The molecular formula is C26H31N3O4S. The maximum absolute atomic E-state index is 13.0. The zero-order chi connectivity index (χ0) is 24.2. The van der Waals surface area contributed by atoms with Crippen LogP contribution in [0.25, 0.3) is 10.9 Å². The number of carbonyl (C=O) groups excluding carboxylic acids is 1. The van der Waals surface area contributed by atoms with Crippen molar-refractivity contribution < 1.29 is 14.3 Å². The van der Waals surface area contributed by atoms with Crippen LogP contribution in [-0.4, -0.2) is 34.4 Å². The average molecular weight is 482 g/mol. The second-order valence-electron chi connectivity index (χ2n) is 9.01. The maximum atomic E-state index is 13.0. The summed E-state index contributed by atoms with van der Waals surface area (Å²) >= 11 is 1.28. The van der Waals surface area contributed by atoms with E-state index in [1.165, 1.54) is 11.8 Å². The highest BCUT2D eigenvalue weighted by Gasteiger charge is 2.22. The molecule has 1 unspecified atom stereocenters. The van der Waals surface area contributed by atoms with Crippen molar-refractivity contribution in [1.29, 1.82) is 0 Å². The Bertz CT molecular complexity index is 1240. The summed E-state index contributed by atoms with van der Waals surface area (Å²) in [6.07, 6.45) is 0.843. The van der Waals surface area contributed by atoms with Crippen molar-refractivity contribution in [3.05, 3.63) is 58.4 Å². The lowest BCUT2D eigenvalue weighted by Gasteiger charge is -2.24. The number of hydrogen-bond donors (Lipinski definition) is 1. The number of carbonyl (C=O) groups is 1. The molecule has 4 rings (SSSR count). The molecule has 3 aromatic rings. The summed E-state index contributed by atoms with van der Waals surface area (Å²) in [6.45, 7) is 9.28. The number of thioether (sulfide) groups is 1. The zero-order valence-electron chi connectivity index (χ0n) is 20.0. The van der Waals surface area contributed by atoms with Crippen molar-refractivity contribution in [1.82, 2.24) is 14.9 Å². The van der Waals surface area contributed by atoms with E-state index in [9.17, 15) is 9.59 Å². The number of fused-ring (bicyclic) bond motifs is 2. The van der Waals surface area contributed by atoms with Crippen LogP contribution in [0.4, 0.5) is 0 Å². The zero-order valence-corrected chi connectivity index (χ0v) is 20.9. The van der Waals surface area contributed by atoms with Crippen LogP contribution in [0.15, 0.2) is 52.4 Å². The van der Waals surface area contributed by atoms with Crippen molar-refractivity contribution in [2.75, 3.05) is 19.0 Å². The molecule has 1 atom stereocenters. The molecule has 34 heavy (non-hydrogen) atoms. The molecule has 0 saturated heterocycles. The number of ether oxygens (including phenoxy) is 2. The Morgan fingerprint density at radius 1 is 1.09 bits per heavy atom. The van der Waals surface area contributed by atoms with Crippen molar-refractivity contribution in [3.8, 4) is 11.5 Å². The lowest BCUT2D eigenvalue weighted by atomic mass is 9.95. The molecule has 180 valence electrons. The first-order chi connectivity index (χ1) is 16.3. The van der Waals surface area contributed by atoms with Crippen LogP contribution in [0, 0.1) is 5.92 Å². The van der Waals surface area contributed by atoms with E-state index in [1.54, 1.807) is 10.6 Å². The summed E-state index contributed by atoms with van der Waals surface area (Å²) in [4.78, 5) is 30.7. The van der Waals surface area contributed by atoms with Gasteiger partial charge in [0.05, 0.1) is 35.9 Å². The summed E-state index contributed by atoms with van der Waals surface area (Å²) in [5.41, 5.74) is 1.52. The van der Waals surface area contributed by atoms with Gasteiger partial charge in [0.2, 0.25) is 5.91 Å². The predicted octanol–water partition coefficient (Wildman–Crippen LogP) is 4.74. The van der Waals surface area contributed by atoms with Crippen LogP contribution < -0.4 is 20.3 Å².